The summed E-state index contributed by atoms with van der Waals surface area (Å²) >= 11 is 0. The Morgan fingerprint density at radius 1 is 1.38 bits per heavy atom. The molecule has 4 unspecified atom stereocenters. The van der Waals surface area contributed by atoms with Crippen molar-refractivity contribution in [2.75, 3.05) is 0 Å². The molecule has 0 spiro atoms. The van der Waals surface area contributed by atoms with Crippen molar-refractivity contribution in [2.45, 2.75) is 12.8 Å². The lowest BCUT2D eigenvalue weighted by atomic mass is 9.67. The number of aliphatic carboxylic acids is 2. The Labute approximate surface area is 92.3 Å². The van der Waals surface area contributed by atoms with Crippen LogP contribution in [0.5, 0.6) is 0 Å². The van der Waals surface area contributed by atoms with Crippen LogP contribution in [0.25, 0.3) is 0 Å². The van der Waals surface area contributed by atoms with Crippen LogP contribution >= 0.6 is 0 Å². The highest BCUT2D eigenvalue weighted by atomic mass is 16.4. The minimum absolute atomic E-state index is 0.00176. The topological polar surface area (TPSA) is 74.6 Å². The number of hydrogen-bond acceptors (Lipinski definition) is 2. The Morgan fingerprint density at radius 3 is 2.75 bits per heavy atom. The van der Waals surface area contributed by atoms with Gasteiger partial charge >= 0.3 is 11.9 Å². The highest BCUT2D eigenvalue weighted by Gasteiger charge is 2.64. The van der Waals surface area contributed by atoms with E-state index in [0.29, 0.717) is 18.4 Å². The van der Waals surface area contributed by atoms with Gasteiger partial charge in [0.1, 0.15) is 0 Å². The quantitative estimate of drug-likeness (QED) is 0.688. The fourth-order valence-electron chi connectivity index (χ4n) is 3.77. The summed E-state index contributed by atoms with van der Waals surface area (Å²) in [5, 5.41) is 18.5. The van der Waals surface area contributed by atoms with E-state index in [4.69, 9.17) is 5.11 Å². The van der Waals surface area contributed by atoms with Crippen molar-refractivity contribution in [3.63, 3.8) is 0 Å². The van der Waals surface area contributed by atoms with Gasteiger partial charge in [-0.05, 0) is 18.8 Å². The number of hydrogen-bond donors (Lipinski definition) is 2. The second kappa shape index (κ2) is 2.75. The van der Waals surface area contributed by atoms with Crippen molar-refractivity contribution in [2.24, 2.45) is 23.2 Å². The number of fused-ring (bicyclic) bond motifs is 5. The van der Waals surface area contributed by atoms with Gasteiger partial charge in [-0.25, -0.2) is 4.79 Å². The first-order valence-corrected chi connectivity index (χ1v) is 5.42. The van der Waals surface area contributed by atoms with Crippen molar-refractivity contribution < 1.29 is 19.8 Å². The van der Waals surface area contributed by atoms with Gasteiger partial charge in [0.05, 0.1) is 5.41 Å². The molecule has 84 valence electrons. The highest BCUT2D eigenvalue weighted by molar-refractivity contribution is 5.91. The first-order chi connectivity index (χ1) is 7.57. The van der Waals surface area contributed by atoms with Crippen molar-refractivity contribution >= 4 is 11.9 Å². The predicted octanol–water partition coefficient (Wildman–Crippen LogP) is 1.29. The van der Waals surface area contributed by atoms with E-state index in [-0.39, 0.29) is 17.8 Å². The first kappa shape index (κ1) is 9.63. The number of carboxylic acid groups (broad SMARTS) is 2. The average Bonchev–Trinajstić information content (AvgIpc) is 2.87. The summed E-state index contributed by atoms with van der Waals surface area (Å²) in [5.41, 5.74) is -0.556. The van der Waals surface area contributed by atoms with Gasteiger partial charge < -0.3 is 10.2 Å². The second-order valence-electron chi connectivity index (χ2n) is 4.88. The van der Waals surface area contributed by atoms with Crippen LogP contribution in [0.4, 0.5) is 0 Å². The van der Waals surface area contributed by atoms with E-state index < -0.39 is 17.4 Å². The largest absolute Gasteiger partial charge is 0.481 e. The smallest absolute Gasteiger partial charge is 0.331 e. The van der Waals surface area contributed by atoms with Gasteiger partial charge in [0.25, 0.3) is 0 Å². The number of carboxylic acids is 2. The Bertz CT molecular complexity index is 448. The van der Waals surface area contributed by atoms with Crippen molar-refractivity contribution in [3.8, 4) is 0 Å². The predicted molar refractivity (Wildman–Crippen MR) is 54.6 cm³/mol. The molecule has 2 bridgehead atoms. The Balaban J connectivity index is 2.10. The molecule has 0 aromatic heterocycles. The molecule has 3 aliphatic carbocycles. The molecule has 0 radical (unpaired) electrons. The van der Waals surface area contributed by atoms with Crippen LogP contribution in [0.1, 0.15) is 12.8 Å². The minimum Gasteiger partial charge on any atom is -0.481 e. The van der Waals surface area contributed by atoms with Gasteiger partial charge in [-0.1, -0.05) is 18.2 Å². The summed E-state index contributed by atoms with van der Waals surface area (Å²) < 4.78 is 0. The zero-order valence-corrected chi connectivity index (χ0v) is 8.59. The van der Waals surface area contributed by atoms with Gasteiger partial charge in [-0.15, -0.1) is 0 Å². The van der Waals surface area contributed by atoms with Crippen LogP contribution in [0, 0.1) is 23.2 Å². The molecule has 4 atom stereocenters. The van der Waals surface area contributed by atoms with Crippen LogP contribution in [0.15, 0.2) is 23.8 Å². The van der Waals surface area contributed by atoms with Crippen LogP contribution in [0.3, 0.4) is 0 Å². The summed E-state index contributed by atoms with van der Waals surface area (Å²) in [4.78, 5) is 22.6. The van der Waals surface area contributed by atoms with E-state index in [0.717, 1.165) is 0 Å². The average molecular weight is 220 g/mol. The maximum atomic E-state index is 11.5. The standard InChI is InChI=1S/C12H12O4/c13-10(14)7-4-6-5-9(7)12(11(15)16)3-1-2-8(6)12/h1-2,4,6,8-9H,3,5H2,(H,13,14)(H,15,16). The lowest BCUT2D eigenvalue weighted by Gasteiger charge is -2.34. The molecule has 0 amide bonds. The molecule has 2 N–H and O–H groups in total. The van der Waals surface area contributed by atoms with E-state index in [1.165, 1.54) is 0 Å². The third kappa shape index (κ3) is 0.859. The summed E-state index contributed by atoms with van der Waals surface area (Å²) in [7, 11) is 0. The van der Waals surface area contributed by atoms with Gasteiger partial charge in [-0.3, -0.25) is 4.79 Å². The molecule has 4 heteroatoms. The van der Waals surface area contributed by atoms with Gasteiger partial charge in [0.15, 0.2) is 0 Å². The zero-order valence-electron chi connectivity index (χ0n) is 8.59. The molecular formula is C12H12O4. The summed E-state index contributed by atoms with van der Waals surface area (Å²) in [6.07, 6.45) is 6.75. The first-order valence-electron chi connectivity index (χ1n) is 5.42. The molecule has 0 saturated heterocycles. The van der Waals surface area contributed by atoms with Crippen molar-refractivity contribution in [3.05, 3.63) is 23.8 Å². The highest BCUT2D eigenvalue weighted by Crippen LogP contribution is 2.63. The monoisotopic (exact) mass is 220 g/mol. The van der Waals surface area contributed by atoms with Crippen LogP contribution in [-0.2, 0) is 9.59 Å². The molecule has 0 aromatic rings. The molecule has 0 aromatic carbocycles. The fraction of sp³-hybridized carbons (Fsp3) is 0.500. The maximum absolute atomic E-state index is 11.5. The fourth-order valence-corrected chi connectivity index (χ4v) is 3.77. The molecule has 3 aliphatic rings. The van der Waals surface area contributed by atoms with E-state index in [9.17, 15) is 14.7 Å². The van der Waals surface area contributed by atoms with E-state index in [1.54, 1.807) is 6.08 Å². The van der Waals surface area contributed by atoms with E-state index in [1.807, 2.05) is 12.2 Å². The molecule has 16 heavy (non-hydrogen) atoms. The molecular weight excluding hydrogens is 208 g/mol. The van der Waals surface area contributed by atoms with E-state index in [2.05, 4.69) is 0 Å². The lowest BCUT2D eigenvalue weighted by molar-refractivity contribution is -0.152. The number of rotatable bonds is 2. The Morgan fingerprint density at radius 2 is 2.12 bits per heavy atom. The van der Waals surface area contributed by atoms with Crippen LogP contribution in [0.2, 0.25) is 0 Å². The second-order valence-corrected chi connectivity index (χ2v) is 4.88. The van der Waals surface area contributed by atoms with Gasteiger partial charge in [0, 0.05) is 17.4 Å². The lowest BCUT2D eigenvalue weighted by Crippen LogP contribution is -2.41. The van der Waals surface area contributed by atoms with Gasteiger partial charge in [-0.2, -0.15) is 0 Å². The van der Waals surface area contributed by atoms with Gasteiger partial charge in [0.2, 0.25) is 0 Å². The third-order valence-electron chi connectivity index (χ3n) is 4.40. The summed E-state index contributed by atoms with van der Waals surface area (Å²) in [6, 6.07) is 0. The Kier molecular flexibility index (Phi) is 1.66. The molecule has 1 fully saturated rings. The number of carbonyl (C=O) groups is 2. The van der Waals surface area contributed by atoms with Crippen LogP contribution < -0.4 is 0 Å². The third-order valence-corrected chi connectivity index (χ3v) is 4.40. The molecule has 0 aliphatic heterocycles. The van der Waals surface area contributed by atoms with Crippen molar-refractivity contribution in [1.29, 1.82) is 0 Å². The molecule has 4 nitrogen and oxygen atoms in total. The van der Waals surface area contributed by atoms with E-state index >= 15 is 0 Å². The zero-order chi connectivity index (χ0) is 11.5. The number of allylic oxidation sites excluding steroid dienone is 3. The Hall–Kier alpha value is -1.58. The minimum atomic E-state index is -0.960. The van der Waals surface area contributed by atoms with Crippen molar-refractivity contribution in [1.82, 2.24) is 0 Å². The SMILES string of the molecule is O=C(O)C1=CC2CC1C1(C(=O)O)CC=CC21. The van der Waals surface area contributed by atoms with Crippen LogP contribution in [-0.4, -0.2) is 22.2 Å². The molecule has 1 saturated carbocycles. The maximum Gasteiger partial charge on any atom is 0.331 e. The molecule has 3 rings (SSSR count). The summed E-state index contributed by atoms with van der Waals surface area (Å²) in [5.74, 6) is -2.02. The molecule has 0 heterocycles. The normalized spacial score (nSPS) is 43.2. The summed E-state index contributed by atoms with van der Waals surface area (Å²) in [6.45, 7) is 0.